The van der Waals surface area contributed by atoms with Gasteiger partial charge in [0, 0.05) is 13.2 Å². The molecule has 1 aromatic heterocycles. The lowest BCUT2D eigenvalue weighted by Crippen LogP contribution is -2.13. The van der Waals surface area contributed by atoms with Crippen molar-refractivity contribution in [2.75, 3.05) is 18.5 Å². The van der Waals surface area contributed by atoms with Gasteiger partial charge in [0.2, 0.25) is 5.28 Å². The van der Waals surface area contributed by atoms with Crippen LogP contribution in [-0.2, 0) is 4.74 Å². The highest BCUT2D eigenvalue weighted by Crippen LogP contribution is 2.20. The summed E-state index contributed by atoms with van der Waals surface area (Å²) < 4.78 is 5.51. The van der Waals surface area contributed by atoms with E-state index in [2.05, 4.69) is 15.3 Å². The first-order chi connectivity index (χ1) is 7.75. The van der Waals surface area contributed by atoms with E-state index in [1.54, 1.807) is 0 Å². The molecule has 1 N–H and O–H groups in total. The van der Waals surface area contributed by atoms with Gasteiger partial charge in [-0.1, -0.05) is 11.6 Å². The predicted octanol–water partition coefficient (Wildman–Crippen LogP) is 2.76. The van der Waals surface area contributed by atoms with E-state index in [0.717, 1.165) is 32.4 Å². The lowest BCUT2D eigenvalue weighted by molar-refractivity contribution is 0.107. The molecule has 0 saturated carbocycles. The van der Waals surface area contributed by atoms with Crippen LogP contribution >= 0.6 is 23.2 Å². The summed E-state index contributed by atoms with van der Waals surface area (Å²) in [7, 11) is 0. The van der Waals surface area contributed by atoms with Crippen molar-refractivity contribution in [2.24, 2.45) is 0 Å². The van der Waals surface area contributed by atoms with Crippen LogP contribution < -0.4 is 5.32 Å². The molecule has 1 saturated heterocycles. The molecule has 1 fully saturated rings. The second-order valence-electron chi connectivity index (χ2n) is 3.69. The Morgan fingerprint density at radius 2 is 2.38 bits per heavy atom. The molecular weight excluding hydrogens is 249 g/mol. The highest BCUT2D eigenvalue weighted by Gasteiger charge is 2.15. The molecule has 0 radical (unpaired) electrons. The van der Waals surface area contributed by atoms with E-state index in [1.807, 2.05) is 0 Å². The Morgan fingerprint density at radius 3 is 3.12 bits per heavy atom. The Labute approximate surface area is 104 Å². The normalized spacial score (nSPS) is 20.0. The molecular formula is C10H13Cl2N3O. The van der Waals surface area contributed by atoms with Crippen molar-refractivity contribution in [3.63, 3.8) is 0 Å². The Morgan fingerprint density at radius 1 is 1.50 bits per heavy atom. The van der Waals surface area contributed by atoms with Crippen molar-refractivity contribution >= 4 is 29.0 Å². The minimum atomic E-state index is 0.198. The molecule has 16 heavy (non-hydrogen) atoms. The van der Waals surface area contributed by atoms with E-state index in [-0.39, 0.29) is 5.28 Å². The summed E-state index contributed by atoms with van der Waals surface area (Å²) in [4.78, 5) is 7.79. The molecule has 88 valence electrons. The van der Waals surface area contributed by atoms with Crippen LogP contribution in [-0.4, -0.2) is 29.2 Å². The molecule has 1 aliphatic rings. The van der Waals surface area contributed by atoms with Gasteiger partial charge in [-0.15, -0.1) is 0 Å². The zero-order chi connectivity index (χ0) is 11.4. The average Bonchev–Trinajstić information content (AvgIpc) is 2.76. The van der Waals surface area contributed by atoms with E-state index < -0.39 is 0 Å². The molecule has 0 bridgehead atoms. The largest absolute Gasteiger partial charge is 0.378 e. The van der Waals surface area contributed by atoms with Gasteiger partial charge in [-0.2, -0.15) is 4.98 Å². The highest BCUT2D eigenvalue weighted by molar-refractivity contribution is 6.33. The predicted molar refractivity (Wildman–Crippen MR) is 64.1 cm³/mol. The summed E-state index contributed by atoms with van der Waals surface area (Å²) in [5, 5.41) is 3.81. The Hall–Kier alpha value is -0.580. The van der Waals surface area contributed by atoms with E-state index in [9.17, 15) is 0 Å². The second kappa shape index (κ2) is 5.66. The quantitative estimate of drug-likeness (QED) is 0.847. The maximum Gasteiger partial charge on any atom is 0.224 e. The molecule has 0 aliphatic carbocycles. The molecule has 1 aromatic rings. The molecule has 2 heterocycles. The molecule has 0 aromatic carbocycles. The van der Waals surface area contributed by atoms with Gasteiger partial charge in [0.15, 0.2) is 0 Å². The molecule has 4 nitrogen and oxygen atoms in total. The molecule has 1 aliphatic heterocycles. The average molecular weight is 262 g/mol. The Bertz CT molecular complexity index is 356. The first-order valence-electron chi connectivity index (χ1n) is 5.29. The molecule has 1 unspecified atom stereocenters. The van der Waals surface area contributed by atoms with Crippen molar-refractivity contribution in [1.29, 1.82) is 0 Å². The number of anilines is 1. The van der Waals surface area contributed by atoms with Crippen LogP contribution in [0.25, 0.3) is 0 Å². The third-order valence-electron chi connectivity index (χ3n) is 2.50. The van der Waals surface area contributed by atoms with Gasteiger partial charge < -0.3 is 10.1 Å². The Kier molecular flexibility index (Phi) is 4.21. The number of halogens is 2. The van der Waals surface area contributed by atoms with Gasteiger partial charge in [0.1, 0.15) is 10.8 Å². The maximum absolute atomic E-state index is 5.91. The monoisotopic (exact) mass is 261 g/mol. The van der Waals surface area contributed by atoms with Crippen molar-refractivity contribution < 1.29 is 4.74 Å². The van der Waals surface area contributed by atoms with Crippen molar-refractivity contribution in [2.45, 2.75) is 25.4 Å². The van der Waals surface area contributed by atoms with Crippen LogP contribution in [0.4, 0.5) is 5.82 Å². The van der Waals surface area contributed by atoms with Crippen molar-refractivity contribution in [3.05, 3.63) is 16.5 Å². The maximum atomic E-state index is 5.91. The summed E-state index contributed by atoms with van der Waals surface area (Å²) in [5.74, 6) is 0.583. The molecule has 6 heteroatoms. The number of ether oxygens (including phenoxy) is 1. The van der Waals surface area contributed by atoms with Gasteiger partial charge in [-0.3, -0.25) is 0 Å². The zero-order valence-electron chi connectivity index (χ0n) is 8.75. The third-order valence-corrected chi connectivity index (χ3v) is 2.96. The summed E-state index contributed by atoms with van der Waals surface area (Å²) in [6.07, 6.45) is 5.11. The third kappa shape index (κ3) is 3.20. The SMILES string of the molecule is Clc1ncc(Cl)c(NCCC2CCCO2)n1. The van der Waals surface area contributed by atoms with Gasteiger partial charge in [-0.25, -0.2) is 4.98 Å². The van der Waals surface area contributed by atoms with Gasteiger partial charge in [0.05, 0.1) is 12.3 Å². The van der Waals surface area contributed by atoms with E-state index in [0.29, 0.717) is 16.9 Å². The Balaban J connectivity index is 1.82. The van der Waals surface area contributed by atoms with Crippen LogP contribution in [0.5, 0.6) is 0 Å². The fourth-order valence-electron chi connectivity index (χ4n) is 1.69. The molecule has 0 spiro atoms. The van der Waals surface area contributed by atoms with E-state index in [4.69, 9.17) is 27.9 Å². The van der Waals surface area contributed by atoms with Crippen LogP contribution in [0.15, 0.2) is 6.20 Å². The van der Waals surface area contributed by atoms with E-state index in [1.165, 1.54) is 6.20 Å². The minimum Gasteiger partial charge on any atom is -0.378 e. The number of nitrogens with zero attached hydrogens (tertiary/aromatic N) is 2. The van der Waals surface area contributed by atoms with Gasteiger partial charge in [0.25, 0.3) is 0 Å². The van der Waals surface area contributed by atoms with Crippen LogP contribution in [0.1, 0.15) is 19.3 Å². The zero-order valence-corrected chi connectivity index (χ0v) is 10.3. The first-order valence-corrected chi connectivity index (χ1v) is 6.05. The van der Waals surface area contributed by atoms with Crippen LogP contribution in [0.2, 0.25) is 10.3 Å². The number of rotatable bonds is 4. The van der Waals surface area contributed by atoms with Gasteiger partial charge in [-0.05, 0) is 30.9 Å². The van der Waals surface area contributed by atoms with Crippen LogP contribution in [0, 0.1) is 0 Å². The smallest absolute Gasteiger partial charge is 0.224 e. The fourth-order valence-corrected chi connectivity index (χ4v) is 1.98. The van der Waals surface area contributed by atoms with Gasteiger partial charge >= 0.3 is 0 Å². The summed E-state index contributed by atoms with van der Waals surface area (Å²) in [5.41, 5.74) is 0. The second-order valence-corrected chi connectivity index (χ2v) is 4.43. The lowest BCUT2D eigenvalue weighted by Gasteiger charge is -2.11. The molecule has 0 amide bonds. The van der Waals surface area contributed by atoms with Crippen LogP contribution in [0.3, 0.4) is 0 Å². The number of hydrogen-bond donors (Lipinski definition) is 1. The van der Waals surface area contributed by atoms with Crippen molar-refractivity contribution in [1.82, 2.24) is 9.97 Å². The topological polar surface area (TPSA) is 47.0 Å². The molecule has 1 atom stereocenters. The molecule has 2 rings (SSSR count). The van der Waals surface area contributed by atoms with E-state index >= 15 is 0 Å². The summed E-state index contributed by atoms with van der Waals surface area (Å²) in [6, 6.07) is 0. The van der Waals surface area contributed by atoms with Crippen molar-refractivity contribution in [3.8, 4) is 0 Å². The minimum absolute atomic E-state index is 0.198. The highest BCUT2D eigenvalue weighted by atomic mass is 35.5. The number of nitrogens with one attached hydrogen (secondary N) is 1. The lowest BCUT2D eigenvalue weighted by atomic mass is 10.2. The standard InChI is InChI=1S/C10H13Cl2N3O/c11-8-6-14-10(12)15-9(8)13-4-3-7-2-1-5-16-7/h6-7H,1-5H2,(H,13,14,15). The number of aromatic nitrogens is 2. The summed E-state index contributed by atoms with van der Waals surface area (Å²) in [6.45, 7) is 1.66. The fraction of sp³-hybridized carbons (Fsp3) is 0.600. The first kappa shape index (κ1) is 11.9. The number of hydrogen-bond acceptors (Lipinski definition) is 4. The summed E-state index contributed by atoms with van der Waals surface area (Å²) >= 11 is 11.6.